The van der Waals surface area contributed by atoms with Gasteiger partial charge in [0.15, 0.2) is 5.67 Å². The number of benzene rings is 4. The van der Waals surface area contributed by atoms with Crippen LogP contribution >= 0.6 is 23.1 Å². The minimum atomic E-state index is -2.05. The minimum absolute atomic E-state index is 0.0322. The molecule has 1 aromatic heterocycles. The molecule has 3 N–H and O–H groups in total. The number of alkyl halides is 1. The summed E-state index contributed by atoms with van der Waals surface area (Å²) in [5.41, 5.74) is 5.49. The highest BCUT2D eigenvalue weighted by Crippen LogP contribution is 2.54. The molecule has 1 unspecified atom stereocenters. The third-order valence-electron chi connectivity index (χ3n) is 10.6. The SMILES string of the molecule is Cc1ncsc1-c1ccc(CNC(=O)[C@@H]2C[C@@H](O)CN2C(=O)C(NC(=O)C2(F)CC2)C(C)(C)SC(c2ccccc2)(c2ccccc2)c2ccccc2)cc1. The number of aryl methyl sites for hydroxylation is 1. The highest BCUT2D eigenvalue weighted by Gasteiger charge is 2.55. The van der Waals surface area contributed by atoms with Crippen molar-refractivity contribution in [2.24, 2.45) is 0 Å². The first-order chi connectivity index (χ1) is 26.4. The van der Waals surface area contributed by atoms with Gasteiger partial charge in [-0.15, -0.1) is 23.1 Å². The Morgan fingerprint density at radius 1 is 0.909 bits per heavy atom. The maximum atomic E-state index is 15.4. The number of halogens is 1. The summed E-state index contributed by atoms with van der Waals surface area (Å²) in [7, 11) is 0. The first-order valence-electron chi connectivity index (χ1n) is 18.5. The van der Waals surface area contributed by atoms with E-state index in [1.165, 1.54) is 16.7 Å². The zero-order valence-corrected chi connectivity index (χ0v) is 32.7. The molecule has 3 atom stereocenters. The maximum Gasteiger partial charge on any atom is 0.258 e. The van der Waals surface area contributed by atoms with Gasteiger partial charge in [-0.2, -0.15) is 0 Å². The Morgan fingerprint density at radius 2 is 1.45 bits per heavy atom. The van der Waals surface area contributed by atoms with Gasteiger partial charge >= 0.3 is 0 Å². The number of aromatic nitrogens is 1. The van der Waals surface area contributed by atoms with E-state index in [9.17, 15) is 19.5 Å². The Balaban J connectivity index is 1.20. The molecule has 1 aliphatic heterocycles. The number of likely N-dealkylation sites (tertiary alicyclic amines) is 1. The summed E-state index contributed by atoms with van der Waals surface area (Å²) >= 11 is 3.06. The fraction of sp³-hybridized carbons (Fsp3) is 0.318. The van der Waals surface area contributed by atoms with Crippen LogP contribution < -0.4 is 10.6 Å². The molecule has 284 valence electrons. The van der Waals surface area contributed by atoms with Crippen LogP contribution in [0.25, 0.3) is 10.4 Å². The molecule has 5 aromatic rings. The summed E-state index contributed by atoms with van der Waals surface area (Å²) in [5, 5.41) is 16.7. The Hall–Kier alpha value is -4.84. The van der Waals surface area contributed by atoms with Gasteiger partial charge < -0.3 is 20.6 Å². The number of thioether (sulfide) groups is 1. The average Bonchev–Trinajstić information content (AvgIpc) is 3.61. The fourth-order valence-electron chi connectivity index (χ4n) is 7.41. The maximum absolute atomic E-state index is 15.4. The Bertz CT molecular complexity index is 2030. The lowest BCUT2D eigenvalue weighted by molar-refractivity contribution is -0.143. The molecule has 1 saturated carbocycles. The molecule has 2 aliphatic rings. The number of rotatable bonds is 13. The van der Waals surface area contributed by atoms with Crippen molar-refractivity contribution in [3.63, 3.8) is 0 Å². The van der Waals surface area contributed by atoms with Gasteiger partial charge in [-0.3, -0.25) is 14.4 Å². The number of β-amino-alcohol motifs (C(OH)–C–C–N with tert-alkyl or cyclic N) is 1. The zero-order chi connectivity index (χ0) is 38.8. The lowest BCUT2D eigenvalue weighted by Crippen LogP contribution is -2.61. The standard InChI is InChI=1S/C44H45FN4O4S2/c1-29-37(54-28-47-29)31-21-19-30(20-22-31)26-46-39(51)36-25-35(50)27-49(36)40(52)38(48-41(53)43(45)23-24-43)42(2,3)55-44(32-13-7-4-8-14-32,33-15-9-5-10-16-33)34-17-11-6-12-18-34/h4-22,28,35-36,38,50H,23-27H2,1-3H3,(H,46,51)(H,48,53)/t35-,36+,38?/m1/s1. The second kappa shape index (κ2) is 15.7. The number of amides is 3. The monoisotopic (exact) mass is 776 g/mol. The van der Waals surface area contributed by atoms with Crippen LogP contribution in [0.4, 0.5) is 4.39 Å². The smallest absolute Gasteiger partial charge is 0.258 e. The Morgan fingerprint density at radius 3 is 1.95 bits per heavy atom. The summed E-state index contributed by atoms with van der Waals surface area (Å²) in [6.45, 7) is 5.83. The van der Waals surface area contributed by atoms with Crippen molar-refractivity contribution in [2.45, 2.75) is 79.9 Å². The number of aliphatic hydroxyl groups excluding tert-OH is 1. The number of carbonyl (C=O) groups is 3. The average molecular weight is 777 g/mol. The Labute approximate surface area is 329 Å². The molecule has 7 rings (SSSR count). The topological polar surface area (TPSA) is 112 Å². The van der Waals surface area contributed by atoms with Crippen LogP contribution in [0, 0.1) is 6.92 Å². The van der Waals surface area contributed by atoms with Crippen molar-refractivity contribution in [1.82, 2.24) is 20.5 Å². The molecule has 8 nitrogen and oxygen atoms in total. The third kappa shape index (κ3) is 7.97. The molecular formula is C44H45FN4O4S2. The van der Waals surface area contributed by atoms with Crippen molar-refractivity contribution in [1.29, 1.82) is 0 Å². The van der Waals surface area contributed by atoms with E-state index in [-0.39, 0.29) is 32.4 Å². The highest BCUT2D eigenvalue weighted by atomic mass is 32.2. The zero-order valence-electron chi connectivity index (χ0n) is 31.1. The lowest BCUT2D eigenvalue weighted by Gasteiger charge is -2.45. The molecule has 1 saturated heterocycles. The Kier molecular flexibility index (Phi) is 11.0. The largest absolute Gasteiger partial charge is 0.391 e. The third-order valence-corrected chi connectivity index (χ3v) is 13.3. The quantitative estimate of drug-likeness (QED) is 0.109. The molecule has 2 heterocycles. The molecule has 0 bridgehead atoms. The van der Waals surface area contributed by atoms with Crippen LogP contribution in [0.15, 0.2) is 121 Å². The molecule has 1 aliphatic carbocycles. The van der Waals surface area contributed by atoms with Crippen LogP contribution in [0.2, 0.25) is 0 Å². The summed E-state index contributed by atoms with van der Waals surface area (Å²) < 4.78 is 13.4. The number of hydrogen-bond donors (Lipinski definition) is 3. The molecule has 3 amide bonds. The second-order valence-corrected chi connectivity index (χ2v) is 17.7. The molecule has 0 spiro atoms. The number of carbonyl (C=O) groups excluding carboxylic acids is 3. The first-order valence-corrected chi connectivity index (χ1v) is 20.2. The molecule has 4 aromatic carbocycles. The number of nitrogens with one attached hydrogen (secondary N) is 2. The van der Waals surface area contributed by atoms with Crippen LogP contribution in [-0.2, 0) is 25.7 Å². The van der Waals surface area contributed by atoms with Gasteiger partial charge in [0.2, 0.25) is 11.8 Å². The molecule has 2 fully saturated rings. The molecular weight excluding hydrogens is 732 g/mol. The van der Waals surface area contributed by atoms with Gasteiger partial charge in [0.25, 0.3) is 5.91 Å². The number of aliphatic hydroxyl groups is 1. The minimum Gasteiger partial charge on any atom is -0.391 e. The predicted molar refractivity (Wildman–Crippen MR) is 216 cm³/mol. The summed E-state index contributed by atoms with van der Waals surface area (Å²) in [6.07, 6.45) is -0.771. The van der Waals surface area contributed by atoms with Gasteiger partial charge in [0, 0.05) is 24.3 Å². The molecule has 11 heteroatoms. The van der Waals surface area contributed by atoms with E-state index in [0.717, 1.165) is 38.4 Å². The van der Waals surface area contributed by atoms with E-state index in [1.54, 1.807) is 11.3 Å². The van der Waals surface area contributed by atoms with Crippen molar-refractivity contribution in [3.8, 4) is 10.4 Å². The van der Waals surface area contributed by atoms with Crippen molar-refractivity contribution in [3.05, 3.63) is 149 Å². The summed E-state index contributed by atoms with van der Waals surface area (Å²) in [5.74, 6) is -1.82. The summed E-state index contributed by atoms with van der Waals surface area (Å²) in [6, 6.07) is 35.5. The number of hydrogen-bond acceptors (Lipinski definition) is 7. The van der Waals surface area contributed by atoms with Crippen molar-refractivity contribution >= 4 is 40.8 Å². The van der Waals surface area contributed by atoms with Crippen LogP contribution in [0.5, 0.6) is 0 Å². The molecule has 0 radical (unpaired) electrons. The van der Waals surface area contributed by atoms with Gasteiger partial charge in [-0.1, -0.05) is 115 Å². The van der Waals surface area contributed by atoms with Crippen LogP contribution in [-0.4, -0.2) is 67.9 Å². The van der Waals surface area contributed by atoms with Crippen molar-refractivity contribution in [2.75, 3.05) is 6.54 Å². The van der Waals surface area contributed by atoms with E-state index in [4.69, 9.17) is 0 Å². The van der Waals surface area contributed by atoms with Gasteiger partial charge in [0.1, 0.15) is 12.1 Å². The summed E-state index contributed by atoms with van der Waals surface area (Å²) in [4.78, 5) is 49.1. The van der Waals surface area contributed by atoms with E-state index >= 15 is 4.39 Å². The number of nitrogens with zero attached hydrogens (tertiary/aromatic N) is 2. The normalized spacial score (nSPS) is 18.4. The van der Waals surface area contributed by atoms with Crippen LogP contribution in [0.1, 0.15) is 61.1 Å². The van der Waals surface area contributed by atoms with E-state index in [2.05, 4.69) is 15.6 Å². The fourth-order valence-corrected chi connectivity index (χ4v) is 10.1. The van der Waals surface area contributed by atoms with Crippen LogP contribution in [0.3, 0.4) is 0 Å². The number of thiazole rings is 1. The predicted octanol–water partition coefficient (Wildman–Crippen LogP) is 7.19. The highest BCUT2D eigenvalue weighted by molar-refractivity contribution is 8.02. The van der Waals surface area contributed by atoms with E-state index in [0.29, 0.717) is 0 Å². The van der Waals surface area contributed by atoms with Gasteiger partial charge in [-0.25, -0.2) is 9.37 Å². The van der Waals surface area contributed by atoms with Crippen molar-refractivity contribution < 1.29 is 23.9 Å². The van der Waals surface area contributed by atoms with Gasteiger partial charge in [0.05, 0.1) is 26.9 Å². The van der Waals surface area contributed by atoms with Gasteiger partial charge in [-0.05, 0) is 61.4 Å². The molecule has 55 heavy (non-hydrogen) atoms. The van der Waals surface area contributed by atoms with E-state index in [1.807, 2.05) is 142 Å². The lowest BCUT2D eigenvalue weighted by atomic mass is 9.84. The second-order valence-electron chi connectivity index (χ2n) is 14.9. The van der Waals surface area contributed by atoms with E-state index < -0.39 is 51.1 Å². The first kappa shape index (κ1) is 38.4.